The molecule has 5 nitrogen and oxygen atoms in total. The van der Waals surface area contributed by atoms with Crippen LogP contribution >= 0.6 is 0 Å². The number of carbonyl (C=O) groups is 1. The van der Waals surface area contributed by atoms with E-state index in [1.165, 1.54) is 0 Å². The predicted molar refractivity (Wildman–Crippen MR) is 110 cm³/mol. The molecular weight excluding hydrogens is 350 g/mol. The van der Waals surface area contributed by atoms with Crippen molar-refractivity contribution in [2.45, 2.75) is 13.8 Å². The van der Waals surface area contributed by atoms with Gasteiger partial charge in [-0.1, -0.05) is 18.2 Å². The molecule has 0 bridgehead atoms. The molecule has 0 aliphatic heterocycles. The van der Waals surface area contributed by atoms with E-state index in [0.717, 1.165) is 22.7 Å². The predicted octanol–water partition coefficient (Wildman–Crippen LogP) is 4.73. The Balaban J connectivity index is 1.78. The maximum atomic E-state index is 12.5. The minimum atomic E-state index is -0.447. The second-order valence-corrected chi connectivity index (χ2v) is 6.20. The summed E-state index contributed by atoms with van der Waals surface area (Å²) in [6.45, 7) is 4.47. The summed E-state index contributed by atoms with van der Waals surface area (Å²) in [4.78, 5) is 12.5. The average molecular weight is 371 g/mol. The monoisotopic (exact) mass is 371 g/mol. The minimum absolute atomic E-state index is 0.0408. The molecule has 0 saturated carbocycles. The zero-order valence-corrected chi connectivity index (χ0v) is 15.8. The molecule has 0 aliphatic carbocycles. The SMILES string of the molecule is CCOc1ccc(NC(=O)/C(C#N)=C/c2cc(C)n(-c3ccccc3)c2)cc1. The van der Waals surface area contributed by atoms with E-state index in [2.05, 4.69) is 5.32 Å². The van der Waals surface area contributed by atoms with Crippen molar-refractivity contribution in [1.82, 2.24) is 4.57 Å². The normalized spacial score (nSPS) is 11.0. The van der Waals surface area contributed by atoms with Crippen molar-refractivity contribution in [3.8, 4) is 17.5 Å². The highest BCUT2D eigenvalue weighted by Gasteiger charge is 2.11. The Bertz CT molecular complexity index is 1030. The number of aromatic nitrogens is 1. The van der Waals surface area contributed by atoms with E-state index < -0.39 is 5.91 Å². The van der Waals surface area contributed by atoms with E-state index in [0.29, 0.717) is 12.3 Å². The van der Waals surface area contributed by atoms with Gasteiger partial charge in [0.15, 0.2) is 0 Å². The van der Waals surface area contributed by atoms with Gasteiger partial charge >= 0.3 is 0 Å². The van der Waals surface area contributed by atoms with E-state index in [1.54, 1.807) is 30.3 Å². The molecule has 2 aromatic carbocycles. The molecule has 0 radical (unpaired) electrons. The molecular formula is C23H21N3O2. The van der Waals surface area contributed by atoms with Crippen LogP contribution in [0, 0.1) is 18.3 Å². The lowest BCUT2D eigenvalue weighted by Gasteiger charge is -2.06. The van der Waals surface area contributed by atoms with Crippen LogP contribution in [-0.4, -0.2) is 17.1 Å². The number of nitrogens with zero attached hydrogens (tertiary/aromatic N) is 2. The highest BCUT2D eigenvalue weighted by Crippen LogP contribution is 2.19. The molecule has 28 heavy (non-hydrogen) atoms. The Morgan fingerprint density at radius 1 is 1.18 bits per heavy atom. The molecule has 0 aliphatic rings. The minimum Gasteiger partial charge on any atom is -0.494 e. The largest absolute Gasteiger partial charge is 0.494 e. The van der Waals surface area contributed by atoms with Crippen molar-refractivity contribution in [3.05, 3.63) is 83.7 Å². The third-order valence-electron chi connectivity index (χ3n) is 4.17. The number of benzene rings is 2. The molecule has 3 aromatic rings. The highest BCUT2D eigenvalue weighted by atomic mass is 16.5. The first-order valence-corrected chi connectivity index (χ1v) is 9.01. The van der Waals surface area contributed by atoms with Crippen LogP contribution in [0.2, 0.25) is 0 Å². The topological polar surface area (TPSA) is 67.0 Å². The zero-order valence-electron chi connectivity index (χ0n) is 15.8. The van der Waals surface area contributed by atoms with Gasteiger partial charge in [-0.25, -0.2) is 0 Å². The Hall–Kier alpha value is -3.78. The van der Waals surface area contributed by atoms with Crippen LogP contribution < -0.4 is 10.1 Å². The van der Waals surface area contributed by atoms with Crippen LogP contribution in [0.15, 0.2) is 72.4 Å². The Morgan fingerprint density at radius 2 is 1.89 bits per heavy atom. The number of para-hydroxylation sites is 1. The van der Waals surface area contributed by atoms with E-state index in [4.69, 9.17) is 4.74 Å². The van der Waals surface area contributed by atoms with E-state index >= 15 is 0 Å². The van der Waals surface area contributed by atoms with Gasteiger partial charge < -0.3 is 14.6 Å². The van der Waals surface area contributed by atoms with E-state index in [9.17, 15) is 10.1 Å². The van der Waals surface area contributed by atoms with Crippen molar-refractivity contribution in [3.63, 3.8) is 0 Å². The molecule has 0 atom stereocenters. The molecule has 3 rings (SSSR count). The number of amides is 1. The number of nitrogens with one attached hydrogen (secondary N) is 1. The molecule has 0 spiro atoms. The van der Waals surface area contributed by atoms with Crippen LogP contribution in [0.25, 0.3) is 11.8 Å². The Morgan fingerprint density at radius 3 is 2.54 bits per heavy atom. The molecule has 1 aromatic heterocycles. The van der Waals surface area contributed by atoms with Gasteiger partial charge in [0.05, 0.1) is 6.61 Å². The first-order chi connectivity index (χ1) is 13.6. The number of hydrogen-bond donors (Lipinski definition) is 1. The number of ether oxygens (including phenoxy) is 1. The fourth-order valence-electron chi connectivity index (χ4n) is 2.86. The second-order valence-electron chi connectivity index (χ2n) is 6.20. The number of hydrogen-bond acceptors (Lipinski definition) is 3. The number of anilines is 1. The van der Waals surface area contributed by atoms with Crippen molar-refractivity contribution >= 4 is 17.7 Å². The van der Waals surface area contributed by atoms with E-state index in [-0.39, 0.29) is 5.57 Å². The number of nitriles is 1. The quantitative estimate of drug-likeness (QED) is 0.503. The summed E-state index contributed by atoms with van der Waals surface area (Å²) in [5.74, 6) is 0.283. The molecule has 0 saturated heterocycles. The van der Waals surface area contributed by atoms with Crippen molar-refractivity contribution in [2.75, 3.05) is 11.9 Å². The molecule has 1 amide bonds. The standard InChI is InChI=1S/C23H21N3O2/c1-3-28-22-11-9-20(10-12-22)25-23(27)19(15-24)14-18-13-17(2)26(16-18)21-7-5-4-6-8-21/h4-14,16H,3H2,1-2H3,(H,25,27)/b19-14+. The molecule has 0 fully saturated rings. The average Bonchev–Trinajstić information content (AvgIpc) is 3.08. The molecule has 1 N–H and O–H groups in total. The maximum absolute atomic E-state index is 12.5. The van der Waals surface area contributed by atoms with Crippen LogP contribution in [0.3, 0.4) is 0 Å². The number of carbonyl (C=O) groups excluding carboxylic acids is 1. The van der Waals surface area contributed by atoms with Gasteiger partial charge in [0.1, 0.15) is 17.4 Å². The summed E-state index contributed by atoms with van der Waals surface area (Å²) in [5, 5.41) is 12.2. The molecule has 1 heterocycles. The number of aryl methyl sites for hydroxylation is 1. The summed E-state index contributed by atoms with van der Waals surface area (Å²) >= 11 is 0. The smallest absolute Gasteiger partial charge is 0.266 e. The lowest BCUT2D eigenvalue weighted by molar-refractivity contribution is -0.112. The highest BCUT2D eigenvalue weighted by molar-refractivity contribution is 6.09. The van der Waals surface area contributed by atoms with Gasteiger partial charge in [0.25, 0.3) is 5.91 Å². The maximum Gasteiger partial charge on any atom is 0.266 e. The summed E-state index contributed by atoms with van der Waals surface area (Å²) in [7, 11) is 0. The van der Waals surface area contributed by atoms with Gasteiger partial charge in [-0.3, -0.25) is 4.79 Å². The van der Waals surface area contributed by atoms with Crippen molar-refractivity contribution in [2.24, 2.45) is 0 Å². The summed E-state index contributed by atoms with van der Waals surface area (Å²) in [5.41, 5.74) is 3.48. The first-order valence-electron chi connectivity index (χ1n) is 9.01. The zero-order chi connectivity index (χ0) is 19.9. The van der Waals surface area contributed by atoms with E-state index in [1.807, 2.05) is 67.1 Å². The fraction of sp³-hybridized carbons (Fsp3) is 0.130. The third-order valence-corrected chi connectivity index (χ3v) is 4.17. The summed E-state index contributed by atoms with van der Waals surface area (Å²) < 4.78 is 7.40. The van der Waals surface area contributed by atoms with Gasteiger partial charge in [-0.05, 0) is 68.0 Å². The first kappa shape index (κ1) is 19.0. The number of rotatable bonds is 6. The third kappa shape index (κ3) is 4.49. The van der Waals surface area contributed by atoms with Crippen molar-refractivity contribution < 1.29 is 9.53 Å². The Kier molecular flexibility index (Phi) is 5.93. The summed E-state index contributed by atoms with van der Waals surface area (Å²) in [6, 6.07) is 20.9. The second kappa shape index (κ2) is 8.74. The Labute approximate surface area is 164 Å². The van der Waals surface area contributed by atoms with Gasteiger partial charge in [-0.15, -0.1) is 0 Å². The van der Waals surface area contributed by atoms with Crippen LogP contribution in [0.4, 0.5) is 5.69 Å². The lowest BCUT2D eigenvalue weighted by Crippen LogP contribution is -2.13. The van der Waals surface area contributed by atoms with Gasteiger partial charge in [0, 0.05) is 23.3 Å². The van der Waals surface area contributed by atoms with Crippen LogP contribution in [0.5, 0.6) is 5.75 Å². The van der Waals surface area contributed by atoms with Crippen LogP contribution in [-0.2, 0) is 4.79 Å². The van der Waals surface area contributed by atoms with Gasteiger partial charge in [-0.2, -0.15) is 5.26 Å². The fourth-order valence-corrected chi connectivity index (χ4v) is 2.86. The summed E-state index contributed by atoms with van der Waals surface area (Å²) in [6.07, 6.45) is 3.50. The molecule has 0 unspecified atom stereocenters. The molecule has 140 valence electrons. The van der Waals surface area contributed by atoms with Crippen LogP contribution in [0.1, 0.15) is 18.2 Å². The van der Waals surface area contributed by atoms with Crippen molar-refractivity contribution in [1.29, 1.82) is 5.26 Å². The lowest BCUT2D eigenvalue weighted by atomic mass is 10.2. The van der Waals surface area contributed by atoms with Gasteiger partial charge in [0.2, 0.25) is 0 Å². The molecule has 5 heteroatoms.